The monoisotopic (exact) mass is 573 g/mol. The van der Waals surface area contributed by atoms with Gasteiger partial charge in [-0.25, -0.2) is 0 Å². The maximum absolute atomic E-state index is 12.0. The van der Waals surface area contributed by atoms with Gasteiger partial charge in [-0.05, 0) is 99.2 Å². The van der Waals surface area contributed by atoms with Crippen LogP contribution in [0.5, 0.6) is 0 Å². The third-order valence-electron chi connectivity index (χ3n) is 5.96. The number of rotatable bonds is 11. The minimum absolute atomic E-state index is 0.168. The van der Waals surface area contributed by atoms with Gasteiger partial charge in [-0.1, -0.05) is 0 Å². The Bertz CT molecular complexity index is 743. The Balaban J connectivity index is 1.80. The van der Waals surface area contributed by atoms with Crippen LogP contribution in [0.3, 0.4) is 0 Å². The summed E-state index contributed by atoms with van der Waals surface area (Å²) < 4.78 is 11.5. The Morgan fingerprint density at radius 3 is 2.30 bits per heavy atom. The molecule has 1 saturated carbocycles. The lowest BCUT2D eigenvalue weighted by Gasteiger charge is -2.37. The van der Waals surface area contributed by atoms with Crippen LogP contribution in [0.15, 0.2) is 24.3 Å². The molecule has 2 rings (SSSR count). The van der Waals surface area contributed by atoms with Gasteiger partial charge >= 0.3 is 11.9 Å². The molecule has 0 heterocycles. The fourth-order valence-corrected chi connectivity index (χ4v) is 4.65. The molecule has 1 aromatic rings. The van der Waals surface area contributed by atoms with Crippen molar-refractivity contribution in [2.75, 3.05) is 51.8 Å². The molecule has 0 bridgehead atoms. The van der Waals surface area contributed by atoms with E-state index in [0.717, 1.165) is 32.2 Å². The molecule has 7 nitrogen and oxygen atoms in total. The van der Waals surface area contributed by atoms with Crippen LogP contribution in [-0.4, -0.2) is 75.4 Å². The smallest absolute Gasteiger partial charge is 0.320 e. The average molecular weight is 574 g/mol. The van der Waals surface area contributed by atoms with E-state index in [-0.39, 0.29) is 25.0 Å². The Morgan fingerprint density at radius 2 is 1.73 bits per heavy atom. The second-order valence-corrected chi connectivity index (χ2v) is 11.1. The molecule has 1 N–H and O–H groups in total. The van der Waals surface area contributed by atoms with E-state index in [9.17, 15) is 9.59 Å². The zero-order chi connectivity index (χ0) is 24.4. The van der Waals surface area contributed by atoms with Crippen LogP contribution in [0.4, 0.5) is 5.69 Å². The number of methoxy groups -OCH3 is 1. The molecular weight excluding hydrogens is 533 g/mol. The summed E-state index contributed by atoms with van der Waals surface area (Å²) in [5.74, 6) is 0.165. The third kappa shape index (κ3) is 10.6. The van der Waals surface area contributed by atoms with Gasteiger partial charge in [-0.2, -0.15) is 0 Å². The van der Waals surface area contributed by atoms with Gasteiger partial charge in [-0.3, -0.25) is 14.5 Å². The number of esters is 2. The maximum Gasteiger partial charge on any atom is 0.320 e. The van der Waals surface area contributed by atoms with E-state index in [1.165, 1.54) is 16.4 Å². The molecule has 0 saturated heterocycles. The van der Waals surface area contributed by atoms with E-state index in [2.05, 4.69) is 69.0 Å². The number of anilines is 1. The first-order valence-electron chi connectivity index (χ1n) is 11.8. The summed E-state index contributed by atoms with van der Waals surface area (Å²) in [6.07, 6.45) is 4.41. The van der Waals surface area contributed by atoms with Crippen LogP contribution in [0.25, 0.3) is 0 Å². The molecule has 0 spiro atoms. The Labute approximate surface area is 212 Å². The predicted octanol–water partition coefficient (Wildman–Crippen LogP) is 3.69. The predicted molar refractivity (Wildman–Crippen MR) is 140 cm³/mol. The largest absolute Gasteiger partial charge is 0.468 e. The van der Waals surface area contributed by atoms with E-state index in [0.29, 0.717) is 25.0 Å². The van der Waals surface area contributed by atoms with Crippen molar-refractivity contribution in [2.24, 2.45) is 5.92 Å². The summed E-state index contributed by atoms with van der Waals surface area (Å²) in [7, 11) is 3.59. The van der Waals surface area contributed by atoms with Crippen molar-refractivity contribution in [1.82, 2.24) is 10.2 Å². The zero-order valence-electron chi connectivity index (χ0n) is 20.7. The van der Waals surface area contributed by atoms with Crippen molar-refractivity contribution in [3.63, 3.8) is 0 Å². The summed E-state index contributed by atoms with van der Waals surface area (Å²) >= 11 is 2.33. The van der Waals surface area contributed by atoms with Crippen molar-refractivity contribution in [3.05, 3.63) is 27.8 Å². The minimum atomic E-state index is -0.485. The Hall–Kier alpha value is -1.39. The van der Waals surface area contributed by atoms with Gasteiger partial charge in [0, 0.05) is 42.0 Å². The van der Waals surface area contributed by atoms with Gasteiger partial charge < -0.3 is 19.7 Å². The fourth-order valence-electron chi connectivity index (χ4n) is 4.29. The SMILES string of the molecule is COC(=O)CN(CCNCC(=O)OC(C)(C)C)[C@H]1CC[C@H](CN(C)c2ccc(I)cc2)CC1. The van der Waals surface area contributed by atoms with Gasteiger partial charge in [0.25, 0.3) is 0 Å². The van der Waals surface area contributed by atoms with Crippen LogP contribution in [0, 0.1) is 9.49 Å². The number of halogens is 1. The number of hydrogen-bond acceptors (Lipinski definition) is 7. The summed E-state index contributed by atoms with van der Waals surface area (Å²) in [5, 5.41) is 3.15. The van der Waals surface area contributed by atoms with Crippen LogP contribution < -0.4 is 10.2 Å². The van der Waals surface area contributed by atoms with Crippen LogP contribution >= 0.6 is 22.6 Å². The molecule has 33 heavy (non-hydrogen) atoms. The van der Waals surface area contributed by atoms with Crippen molar-refractivity contribution in [3.8, 4) is 0 Å². The normalized spacial score (nSPS) is 18.8. The van der Waals surface area contributed by atoms with Crippen molar-refractivity contribution in [1.29, 1.82) is 0 Å². The summed E-state index contributed by atoms with van der Waals surface area (Å²) in [5.41, 5.74) is 0.766. The van der Waals surface area contributed by atoms with E-state index in [1.807, 2.05) is 20.8 Å². The van der Waals surface area contributed by atoms with Crippen LogP contribution in [0.1, 0.15) is 46.5 Å². The van der Waals surface area contributed by atoms with E-state index in [4.69, 9.17) is 9.47 Å². The molecule has 1 fully saturated rings. The molecule has 1 aliphatic rings. The Morgan fingerprint density at radius 1 is 1.09 bits per heavy atom. The molecular formula is C25H40IN3O4. The van der Waals surface area contributed by atoms with Crippen molar-refractivity contribution in [2.45, 2.75) is 58.1 Å². The maximum atomic E-state index is 12.0. The molecule has 0 atom stereocenters. The highest BCUT2D eigenvalue weighted by Gasteiger charge is 2.28. The first-order chi connectivity index (χ1) is 15.6. The number of nitrogens with zero attached hydrogens (tertiary/aromatic N) is 2. The van der Waals surface area contributed by atoms with Crippen molar-refractivity contribution < 1.29 is 19.1 Å². The van der Waals surface area contributed by atoms with Gasteiger partial charge in [-0.15, -0.1) is 0 Å². The highest BCUT2D eigenvalue weighted by molar-refractivity contribution is 14.1. The van der Waals surface area contributed by atoms with E-state index in [1.54, 1.807) is 0 Å². The van der Waals surface area contributed by atoms with Gasteiger partial charge in [0.15, 0.2) is 0 Å². The number of benzene rings is 1. The minimum Gasteiger partial charge on any atom is -0.468 e. The number of carbonyl (C=O) groups is 2. The quantitative estimate of drug-likeness (QED) is 0.246. The molecule has 1 aliphatic carbocycles. The van der Waals surface area contributed by atoms with E-state index < -0.39 is 5.60 Å². The van der Waals surface area contributed by atoms with Gasteiger partial charge in [0.2, 0.25) is 0 Å². The van der Waals surface area contributed by atoms with Crippen molar-refractivity contribution >= 4 is 40.2 Å². The molecule has 0 amide bonds. The first-order valence-corrected chi connectivity index (χ1v) is 12.9. The number of ether oxygens (including phenoxy) is 2. The topological polar surface area (TPSA) is 71.1 Å². The number of nitrogens with one attached hydrogen (secondary N) is 1. The molecule has 186 valence electrons. The van der Waals surface area contributed by atoms with Gasteiger partial charge in [0.05, 0.1) is 20.2 Å². The molecule has 1 aromatic carbocycles. The highest BCUT2D eigenvalue weighted by Crippen LogP contribution is 2.29. The molecule has 0 radical (unpaired) electrons. The lowest BCUT2D eigenvalue weighted by molar-refractivity contribution is -0.153. The van der Waals surface area contributed by atoms with Gasteiger partial charge in [0.1, 0.15) is 5.60 Å². The molecule has 0 unspecified atom stereocenters. The third-order valence-corrected chi connectivity index (χ3v) is 6.68. The van der Waals surface area contributed by atoms with Crippen LogP contribution in [0.2, 0.25) is 0 Å². The lowest BCUT2D eigenvalue weighted by Crippen LogP contribution is -2.46. The lowest BCUT2D eigenvalue weighted by atomic mass is 9.85. The summed E-state index contributed by atoms with van der Waals surface area (Å²) in [6, 6.07) is 8.99. The van der Waals surface area contributed by atoms with Crippen LogP contribution in [-0.2, 0) is 19.1 Å². The highest BCUT2D eigenvalue weighted by atomic mass is 127. The molecule has 0 aromatic heterocycles. The fraction of sp³-hybridized carbons (Fsp3) is 0.680. The second-order valence-electron chi connectivity index (χ2n) is 9.84. The standard InChI is InChI=1S/C25H40IN3O4/c1-25(2,3)33-23(30)16-27-14-15-29(18-24(31)32-5)22-10-6-19(7-11-22)17-28(4)21-12-8-20(26)9-13-21/h8-9,12-13,19,22,27H,6-7,10-11,14-18H2,1-5H3/t19-,22-. The number of carbonyl (C=O) groups excluding carboxylic acids is 2. The van der Waals surface area contributed by atoms with E-state index >= 15 is 0 Å². The summed E-state index contributed by atoms with van der Waals surface area (Å²) in [6.45, 7) is 8.37. The molecule has 0 aliphatic heterocycles. The molecule has 8 heteroatoms. The second kappa shape index (κ2) is 13.5. The zero-order valence-corrected chi connectivity index (χ0v) is 22.9. The summed E-state index contributed by atoms with van der Waals surface area (Å²) in [4.78, 5) is 28.4. The average Bonchev–Trinajstić information content (AvgIpc) is 2.75. The number of hydrogen-bond donors (Lipinski definition) is 1. The first kappa shape index (κ1) is 27.9. The Kier molecular flexibility index (Phi) is 11.4.